The lowest BCUT2D eigenvalue weighted by molar-refractivity contribution is 0.163. The maximum absolute atomic E-state index is 5.35. The summed E-state index contributed by atoms with van der Waals surface area (Å²) in [5, 5.41) is 11.8. The van der Waals surface area contributed by atoms with Crippen LogP contribution in [0.15, 0.2) is 67.0 Å². The molecule has 5 aromatic rings. The third kappa shape index (κ3) is 5.91. The van der Waals surface area contributed by atoms with Crippen molar-refractivity contribution in [3.63, 3.8) is 0 Å². The molecule has 2 aliphatic rings. The lowest BCUT2D eigenvalue weighted by Gasteiger charge is -2.44. The summed E-state index contributed by atoms with van der Waals surface area (Å²) in [6.45, 7) is 6.30. The number of nitrogens with one attached hydrogen (secondary N) is 2. The van der Waals surface area contributed by atoms with Gasteiger partial charge < -0.3 is 19.7 Å². The number of aromatic nitrogens is 5. The summed E-state index contributed by atoms with van der Waals surface area (Å²) in [6, 6.07) is 19.5. The van der Waals surface area contributed by atoms with E-state index in [0.29, 0.717) is 23.1 Å². The van der Waals surface area contributed by atoms with E-state index in [1.807, 2.05) is 24.5 Å². The SMILES string of the molecule is COc1ccc(Cc2cc(-c3[nH]nc4nc(N5CCC6(CCC[C@H]6N[C@H](C)c6ccc(OC)cc6)CC5)cnc34)c(C)cn2)cc1. The quantitative estimate of drug-likeness (QED) is 0.186. The third-order valence-corrected chi connectivity index (χ3v) is 10.3. The van der Waals surface area contributed by atoms with Crippen LogP contribution in [0.4, 0.5) is 5.82 Å². The van der Waals surface area contributed by atoms with Crippen LogP contribution in [-0.4, -0.2) is 58.5 Å². The van der Waals surface area contributed by atoms with Crippen LogP contribution in [0, 0.1) is 12.3 Å². The zero-order valence-electron chi connectivity index (χ0n) is 27.2. The van der Waals surface area contributed by atoms with Gasteiger partial charge in [0.1, 0.15) is 22.8 Å². The molecule has 2 aromatic carbocycles. The highest BCUT2D eigenvalue weighted by Crippen LogP contribution is 2.47. The number of aryl methyl sites for hydroxylation is 1. The molecule has 0 amide bonds. The molecule has 1 aliphatic heterocycles. The zero-order valence-corrected chi connectivity index (χ0v) is 27.2. The molecule has 0 unspecified atom stereocenters. The lowest BCUT2D eigenvalue weighted by Crippen LogP contribution is -2.49. The van der Waals surface area contributed by atoms with Gasteiger partial charge in [-0.3, -0.25) is 10.1 Å². The largest absolute Gasteiger partial charge is 0.497 e. The summed E-state index contributed by atoms with van der Waals surface area (Å²) in [5.74, 6) is 2.65. The predicted octanol–water partition coefficient (Wildman–Crippen LogP) is 6.82. The molecule has 0 radical (unpaired) electrons. The first-order valence-corrected chi connectivity index (χ1v) is 16.4. The van der Waals surface area contributed by atoms with E-state index in [1.54, 1.807) is 14.2 Å². The van der Waals surface area contributed by atoms with Gasteiger partial charge in [0.25, 0.3) is 0 Å². The van der Waals surface area contributed by atoms with Crippen LogP contribution in [0.25, 0.3) is 22.4 Å². The van der Waals surface area contributed by atoms with Crippen molar-refractivity contribution < 1.29 is 9.47 Å². The molecule has 1 saturated carbocycles. The van der Waals surface area contributed by atoms with Gasteiger partial charge in [-0.05, 0) is 92.0 Å². The highest BCUT2D eigenvalue weighted by atomic mass is 16.5. The number of hydrogen-bond donors (Lipinski definition) is 2. The topological polar surface area (TPSA) is 101 Å². The summed E-state index contributed by atoms with van der Waals surface area (Å²) < 4.78 is 10.7. The van der Waals surface area contributed by atoms with E-state index in [2.05, 4.69) is 76.7 Å². The van der Waals surface area contributed by atoms with Crippen LogP contribution in [0.2, 0.25) is 0 Å². The number of hydrogen-bond acceptors (Lipinski definition) is 8. The average Bonchev–Trinajstić information content (AvgIpc) is 3.69. The summed E-state index contributed by atoms with van der Waals surface area (Å²) in [7, 11) is 3.40. The Kier molecular flexibility index (Phi) is 8.34. The minimum atomic E-state index is 0.300. The number of fused-ring (bicyclic) bond motifs is 1. The van der Waals surface area contributed by atoms with Crippen molar-refractivity contribution in [2.24, 2.45) is 5.41 Å². The molecule has 4 heterocycles. The number of aromatic amines is 1. The van der Waals surface area contributed by atoms with Crippen LogP contribution in [-0.2, 0) is 6.42 Å². The van der Waals surface area contributed by atoms with E-state index in [0.717, 1.165) is 77.7 Å². The molecule has 2 atom stereocenters. The Balaban J connectivity index is 1.03. The van der Waals surface area contributed by atoms with Crippen molar-refractivity contribution in [2.45, 2.75) is 64.5 Å². The Morgan fingerprint density at radius 2 is 1.67 bits per heavy atom. The molecule has 3 aromatic heterocycles. The third-order valence-electron chi connectivity index (χ3n) is 10.3. The van der Waals surface area contributed by atoms with Gasteiger partial charge in [-0.1, -0.05) is 30.7 Å². The van der Waals surface area contributed by atoms with Gasteiger partial charge in [-0.25, -0.2) is 9.97 Å². The van der Waals surface area contributed by atoms with Crippen LogP contribution in [0.3, 0.4) is 0 Å². The van der Waals surface area contributed by atoms with Gasteiger partial charge in [0.05, 0.1) is 26.1 Å². The Labute approximate surface area is 270 Å². The molecule has 1 aliphatic carbocycles. The number of benzene rings is 2. The fraction of sp³-hybridized carbons (Fsp3) is 0.405. The van der Waals surface area contributed by atoms with E-state index >= 15 is 0 Å². The number of pyridine rings is 1. The van der Waals surface area contributed by atoms with Gasteiger partial charge >= 0.3 is 0 Å². The minimum absolute atomic E-state index is 0.300. The van der Waals surface area contributed by atoms with Gasteiger partial charge in [0.15, 0.2) is 0 Å². The molecule has 9 heteroatoms. The van der Waals surface area contributed by atoms with Crippen LogP contribution in [0.1, 0.15) is 67.5 Å². The number of H-pyrrole nitrogens is 1. The molecule has 1 spiro atoms. The summed E-state index contributed by atoms with van der Waals surface area (Å²) in [6.07, 6.45) is 10.7. The van der Waals surface area contributed by atoms with Crippen molar-refractivity contribution >= 4 is 17.0 Å². The summed E-state index contributed by atoms with van der Waals surface area (Å²) in [5.41, 5.74) is 8.23. The molecule has 0 bridgehead atoms. The first kappa shape index (κ1) is 30.2. The second-order valence-corrected chi connectivity index (χ2v) is 13.0. The number of nitrogens with zero attached hydrogens (tertiary/aromatic N) is 5. The van der Waals surface area contributed by atoms with Crippen molar-refractivity contribution in [1.82, 2.24) is 30.5 Å². The standard InChI is InChI=1S/C37H43N7O2/c1-24-22-38-28(20-26-7-11-29(45-3)12-8-26)21-31(24)34-35-36(43-42-34)41-33(23-39-35)44-18-16-37(17-19-44)15-5-6-32(37)40-25(2)27-9-13-30(46-4)14-10-27/h7-14,21-23,25,32,40H,5-6,15-20H2,1-4H3,(H,41,42,43)/t25-,32-/m1/s1. The number of ether oxygens (including phenoxy) is 2. The van der Waals surface area contributed by atoms with Crippen molar-refractivity contribution in [3.8, 4) is 22.8 Å². The Hall–Kier alpha value is -4.50. The molecule has 46 heavy (non-hydrogen) atoms. The average molecular weight is 618 g/mol. The van der Waals surface area contributed by atoms with Crippen LogP contribution >= 0.6 is 0 Å². The summed E-state index contributed by atoms with van der Waals surface area (Å²) >= 11 is 0. The number of rotatable bonds is 9. The minimum Gasteiger partial charge on any atom is -0.497 e. The molecule has 2 fully saturated rings. The molecule has 238 valence electrons. The summed E-state index contributed by atoms with van der Waals surface area (Å²) in [4.78, 5) is 17.0. The zero-order chi connectivity index (χ0) is 31.7. The van der Waals surface area contributed by atoms with Gasteiger partial charge in [-0.15, -0.1) is 0 Å². The number of anilines is 1. The smallest absolute Gasteiger partial charge is 0.202 e. The molecule has 7 rings (SSSR count). The van der Waals surface area contributed by atoms with Gasteiger partial charge in [0, 0.05) is 49.0 Å². The van der Waals surface area contributed by atoms with Gasteiger partial charge in [0.2, 0.25) is 5.65 Å². The molecular formula is C37H43N7O2. The van der Waals surface area contributed by atoms with Gasteiger partial charge in [-0.2, -0.15) is 5.10 Å². The predicted molar refractivity (Wildman–Crippen MR) is 182 cm³/mol. The van der Waals surface area contributed by atoms with E-state index < -0.39 is 0 Å². The van der Waals surface area contributed by atoms with Crippen molar-refractivity contribution in [2.75, 3.05) is 32.2 Å². The highest BCUT2D eigenvalue weighted by molar-refractivity contribution is 5.88. The maximum Gasteiger partial charge on any atom is 0.202 e. The Bertz CT molecular complexity index is 1790. The fourth-order valence-corrected chi connectivity index (χ4v) is 7.48. The Morgan fingerprint density at radius 3 is 2.39 bits per heavy atom. The lowest BCUT2D eigenvalue weighted by atomic mass is 9.73. The van der Waals surface area contributed by atoms with E-state index in [9.17, 15) is 0 Å². The monoisotopic (exact) mass is 617 g/mol. The number of methoxy groups -OCH3 is 2. The first-order valence-electron chi connectivity index (χ1n) is 16.4. The van der Waals surface area contributed by atoms with E-state index in [4.69, 9.17) is 24.4 Å². The molecule has 2 N–H and O–H groups in total. The van der Waals surface area contributed by atoms with Crippen LogP contribution < -0.4 is 19.7 Å². The van der Waals surface area contributed by atoms with E-state index in [-0.39, 0.29) is 0 Å². The first-order chi connectivity index (χ1) is 22.4. The number of piperidine rings is 1. The second kappa shape index (κ2) is 12.7. The molecular weight excluding hydrogens is 574 g/mol. The normalized spacial score (nSPS) is 18.3. The fourth-order valence-electron chi connectivity index (χ4n) is 7.48. The molecule has 1 saturated heterocycles. The second-order valence-electron chi connectivity index (χ2n) is 13.0. The van der Waals surface area contributed by atoms with Crippen molar-refractivity contribution in [1.29, 1.82) is 0 Å². The van der Waals surface area contributed by atoms with Crippen molar-refractivity contribution in [3.05, 3.63) is 89.4 Å². The maximum atomic E-state index is 5.35. The van der Waals surface area contributed by atoms with Crippen LogP contribution in [0.5, 0.6) is 11.5 Å². The molecule has 9 nitrogen and oxygen atoms in total. The Morgan fingerprint density at radius 1 is 0.957 bits per heavy atom. The highest BCUT2D eigenvalue weighted by Gasteiger charge is 2.45. The van der Waals surface area contributed by atoms with E-state index in [1.165, 1.54) is 30.4 Å².